The van der Waals surface area contributed by atoms with Crippen LogP contribution in [-0.4, -0.2) is 11.8 Å². The number of para-hydroxylation sites is 1. The van der Waals surface area contributed by atoms with Crippen LogP contribution in [0.4, 0.5) is 5.69 Å². The normalized spacial score (nSPS) is 10.4. The average Bonchev–Trinajstić information content (AvgIpc) is 2.69. The molecule has 2 amide bonds. The Hall–Kier alpha value is -3.40. The molecule has 28 heavy (non-hydrogen) atoms. The lowest BCUT2D eigenvalue weighted by Crippen LogP contribution is -2.25. The van der Waals surface area contributed by atoms with Gasteiger partial charge in [0.25, 0.3) is 5.91 Å². The van der Waals surface area contributed by atoms with E-state index in [0.29, 0.717) is 17.8 Å². The van der Waals surface area contributed by atoms with Gasteiger partial charge in [-0.05, 0) is 42.7 Å². The molecular weight excluding hydrogens is 348 g/mol. The lowest BCUT2D eigenvalue weighted by molar-refractivity contribution is -0.115. The number of rotatable bonds is 6. The van der Waals surface area contributed by atoms with Crippen LogP contribution in [0, 0.1) is 13.8 Å². The molecule has 0 heterocycles. The van der Waals surface area contributed by atoms with E-state index in [2.05, 4.69) is 10.6 Å². The van der Waals surface area contributed by atoms with Gasteiger partial charge in [-0.15, -0.1) is 0 Å². The van der Waals surface area contributed by atoms with Crippen LogP contribution in [0.15, 0.2) is 72.8 Å². The van der Waals surface area contributed by atoms with E-state index in [1.807, 2.05) is 62.4 Å². The van der Waals surface area contributed by atoms with E-state index >= 15 is 0 Å². The summed E-state index contributed by atoms with van der Waals surface area (Å²) in [6.45, 7) is 4.44. The number of benzene rings is 3. The smallest absolute Gasteiger partial charge is 0.253 e. The summed E-state index contributed by atoms with van der Waals surface area (Å²) in [5.41, 5.74) is 5.22. The summed E-state index contributed by atoms with van der Waals surface area (Å²) in [5, 5.41) is 5.79. The molecule has 4 heteroatoms. The lowest BCUT2D eigenvalue weighted by Gasteiger charge is -2.12. The molecule has 4 nitrogen and oxygen atoms in total. The van der Waals surface area contributed by atoms with E-state index in [1.54, 1.807) is 24.3 Å². The van der Waals surface area contributed by atoms with E-state index in [4.69, 9.17) is 0 Å². The highest BCUT2D eigenvalue weighted by Gasteiger charge is 2.13. The zero-order chi connectivity index (χ0) is 19.9. The van der Waals surface area contributed by atoms with Crippen molar-refractivity contribution in [3.63, 3.8) is 0 Å². The highest BCUT2D eigenvalue weighted by atomic mass is 16.2. The Balaban J connectivity index is 1.66. The second-order valence-corrected chi connectivity index (χ2v) is 6.87. The van der Waals surface area contributed by atoms with Crippen molar-refractivity contribution in [1.29, 1.82) is 0 Å². The molecule has 0 aliphatic rings. The van der Waals surface area contributed by atoms with Crippen molar-refractivity contribution in [3.05, 3.63) is 101 Å². The molecule has 0 aromatic heterocycles. The summed E-state index contributed by atoms with van der Waals surface area (Å²) >= 11 is 0. The summed E-state index contributed by atoms with van der Waals surface area (Å²) in [7, 11) is 0. The quantitative estimate of drug-likeness (QED) is 0.673. The molecule has 0 fully saturated rings. The zero-order valence-electron chi connectivity index (χ0n) is 16.2. The van der Waals surface area contributed by atoms with Crippen molar-refractivity contribution < 1.29 is 9.59 Å². The van der Waals surface area contributed by atoms with Crippen LogP contribution >= 0.6 is 0 Å². The highest BCUT2D eigenvalue weighted by molar-refractivity contribution is 6.04. The molecular formula is C24H24N2O2. The molecule has 3 aromatic carbocycles. The highest BCUT2D eigenvalue weighted by Crippen LogP contribution is 2.16. The van der Waals surface area contributed by atoms with Crippen LogP contribution in [-0.2, 0) is 17.8 Å². The van der Waals surface area contributed by atoms with Crippen molar-refractivity contribution in [1.82, 2.24) is 5.32 Å². The number of hydrogen-bond acceptors (Lipinski definition) is 2. The Bertz CT molecular complexity index is 978. The number of aryl methyl sites for hydroxylation is 2. The summed E-state index contributed by atoms with van der Waals surface area (Å²) in [6, 6.07) is 22.9. The molecule has 0 atom stereocenters. The fourth-order valence-electron chi connectivity index (χ4n) is 2.95. The topological polar surface area (TPSA) is 58.2 Å². The van der Waals surface area contributed by atoms with E-state index < -0.39 is 0 Å². The maximum Gasteiger partial charge on any atom is 0.253 e. The monoisotopic (exact) mass is 372 g/mol. The SMILES string of the molecule is Cc1ccc(CNC(=O)c2ccccc2NC(=O)Cc2ccccc2C)cc1. The number of carbonyl (C=O) groups is 2. The largest absolute Gasteiger partial charge is 0.348 e. The number of nitrogens with one attached hydrogen (secondary N) is 2. The summed E-state index contributed by atoms with van der Waals surface area (Å²) in [5.74, 6) is -0.361. The summed E-state index contributed by atoms with van der Waals surface area (Å²) < 4.78 is 0. The predicted molar refractivity (Wildman–Crippen MR) is 112 cm³/mol. The summed E-state index contributed by atoms with van der Waals surface area (Å²) in [6.07, 6.45) is 0.270. The fraction of sp³-hybridized carbons (Fsp3) is 0.167. The molecule has 2 N–H and O–H groups in total. The van der Waals surface area contributed by atoms with Crippen molar-refractivity contribution >= 4 is 17.5 Å². The first-order valence-corrected chi connectivity index (χ1v) is 9.30. The molecule has 0 unspecified atom stereocenters. The van der Waals surface area contributed by atoms with Crippen LogP contribution < -0.4 is 10.6 Å². The third kappa shape index (κ3) is 5.07. The molecule has 0 aliphatic heterocycles. The molecule has 0 bridgehead atoms. The van der Waals surface area contributed by atoms with Crippen LogP contribution in [0.3, 0.4) is 0 Å². The van der Waals surface area contributed by atoms with Crippen LogP contribution in [0.25, 0.3) is 0 Å². The van der Waals surface area contributed by atoms with Gasteiger partial charge >= 0.3 is 0 Å². The van der Waals surface area contributed by atoms with E-state index in [9.17, 15) is 9.59 Å². The molecule has 0 saturated heterocycles. The first-order chi connectivity index (χ1) is 13.5. The van der Waals surface area contributed by atoms with E-state index in [0.717, 1.165) is 16.7 Å². The van der Waals surface area contributed by atoms with Crippen molar-refractivity contribution in [3.8, 4) is 0 Å². The molecule has 0 aliphatic carbocycles. The molecule has 142 valence electrons. The summed E-state index contributed by atoms with van der Waals surface area (Å²) in [4.78, 5) is 25.1. The lowest BCUT2D eigenvalue weighted by atomic mass is 10.1. The Morgan fingerprint density at radius 3 is 2.25 bits per heavy atom. The third-order valence-electron chi connectivity index (χ3n) is 4.63. The first-order valence-electron chi connectivity index (χ1n) is 9.30. The van der Waals surface area contributed by atoms with E-state index in [1.165, 1.54) is 5.56 Å². The van der Waals surface area contributed by atoms with Crippen molar-refractivity contribution in [2.75, 3.05) is 5.32 Å². The van der Waals surface area contributed by atoms with E-state index in [-0.39, 0.29) is 18.2 Å². The minimum Gasteiger partial charge on any atom is -0.348 e. The fourth-order valence-corrected chi connectivity index (χ4v) is 2.95. The standard InChI is InChI=1S/C24H24N2O2/c1-17-11-13-19(14-12-17)16-25-24(28)21-9-5-6-10-22(21)26-23(27)15-20-8-4-3-7-18(20)2/h3-14H,15-16H2,1-2H3,(H,25,28)(H,26,27). The van der Waals surface area contributed by atoms with Gasteiger partial charge in [0.2, 0.25) is 5.91 Å². The molecule has 3 aromatic rings. The first kappa shape index (κ1) is 19.4. The third-order valence-corrected chi connectivity index (χ3v) is 4.63. The van der Waals surface area contributed by atoms with Gasteiger partial charge in [0.1, 0.15) is 0 Å². The van der Waals surface area contributed by atoms with Crippen LogP contribution in [0.2, 0.25) is 0 Å². The Labute approximate surface area is 165 Å². The van der Waals surface area contributed by atoms with Gasteiger partial charge in [-0.2, -0.15) is 0 Å². The number of anilines is 1. The minimum atomic E-state index is -0.215. The Morgan fingerprint density at radius 1 is 0.821 bits per heavy atom. The molecule has 0 saturated carbocycles. The number of amides is 2. The van der Waals surface area contributed by atoms with Crippen molar-refractivity contribution in [2.45, 2.75) is 26.8 Å². The van der Waals surface area contributed by atoms with Crippen LogP contribution in [0.5, 0.6) is 0 Å². The zero-order valence-corrected chi connectivity index (χ0v) is 16.2. The van der Waals surface area contributed by atoms with Gasteiger partial charge in [-0.1, -0.05) is 66.2 Å². The molecule has 3 rings (SSSR count). The maximum absolute atomic E-state index is 12.6. The maximum atomic E-state index is 12.6. The van der Waals surface area contributed by atoms with Crippen molar-refractivity contribution in [2.24, 2.45) is 0 Å². The van der Waals surface area contributed by atoms with Gasteiger partial charge in [0, 0.05) is 6.54 Å². The number of carbonyl (C=O) groups excluding carboxylic acids is 2. The van der Waals surface area contributed by atoms with Gasteiger partial charge < -0.3 is 10.6 Å². The van der Waals surface area contributed by atoms with Gasteiger partial charge in [0.15, 0.2) is 0 Å². The number of hydrogen-bond donors (Lipinski definition) is 2. The molecule has 0 radical (unpaired) electrons. The molecule has 0 spiro atoms. The minimum absolute atomic E-state index is 0.145. The van der Waals surface area contributed by atoms with Crippen LogP contribution in [0.1, 0.15) is 32.6 Å². The average molecular weight is 372 g/mol. The second-order valence-electron chi connectivity index (χ2n) is 6.87. The Kier molecular flexibility index (Phi) is 6.22. The Morgan fingerprint density at radius 2 is 1.50 bits per heavy atom. The second kappa shape index (κ2) is 9.00. The predicted octanol–water partition coefficient (Wildman–Crippen LogP) is 4.41. The van der Waals surface area contributed by atoms with Gasteiger partial charge in [-0.3, -0.25) is 9.59 Å². The van der Waals surface area contributed by atoms with Gasteiger partial charge in [0.05, 0.1) is 17.7 Å². The van der Waals surface area contributed by atoms with Gasteiger partial charge in [-0.25, -0.2) is 0 Å².